The standard InChI is InChI=1S/C17H25N3S/c1-14(2)12-19-13-15-4-5-17(16(10-15)11-18)20-6-3-8-21-9-7-20/h4-5,10,14,19H,3,6-9,12-13H2,1-2H3. The number of hydrogen-bond acceptors (Lipinski definition) is 4. The monoisotopic (exact) mass is 303 g/mol. The van der Waals surface area contributed by atoms with Crippen molar-refractivity contribution in [2.24, 2.45) is 5.92 Å². The molecule has 1 aromatic carbocycles. The zero-order chi connectivity index (χ0) is 15.1. The Hall–Kier alpha value is -1.18. The summed E-state index contributed by atoms with van der Waals surface area (Å²) in [4.78, 5) is 2.36. The second-order valence-corrected chi connectivity index (χ2v) is 7.17. The lowest BCUT2D eigenvalue weighted by Gasteiger charge is -2.23. The van der Waals surface area contributed by atoms with Crippen LogP contribution in [0.25, 0.3) is 0 Å². The van der Waals surface area contributed by atoms with Gasteiger partial charge in [0.25, 0.3) is 0 Å². The molecule has 0 unspecified atom stereocenters. The van der Waals surface area contributed by atoms with Gasteiger partial charge in [-0.1, -0.05) is 19.9 Å². The van der Waals surface area contributed by atoms with E-state index < -0.39 is 0 Å². The predicted molar refractivity (Wildman–Crippen MR) is 91.9 cm³/mol. The molecular weight excluding hydrogens is 278 g/mol. The highest BCUT2D eigenvalue weighted by Gasteiger charge is 2.14. The summed E-state index contributed by atoms with van der Waals surface area (Å²) in [5.74, 6) is 3.03. The highest BCUT2D eigenvalue weighted by atomic mass is 32.2. The van der Waals surface area contributed by atoms with E-state index in [0.29, 0.717) is 5.92 Å². The van der Waals surface area contributed by atoms with Crippen molar-refractivity contribution in [3.05, 3.63) is 29.3 Å². The molecule has 0 radical (unpaired) electrons. The van der Waals surface area contributed by atoms with Gasteiger partial charge in [0.2, 0.25) is 0 Å². The van der Waals surface area contributed by atoms with E-state index in [0.717, 1.165) is 43.2 Å². The average Bonchev–Trinajstić information content (AvgIpc) is 2.75. The number of anilines is 1. The summed E-state index contributed by atoms with van der Waals surface area (Å²) in [6.07, 6.45) is 1.20. The van der Waals surface area contributed by atoms with Gasteiger partial charge in [0, 0.05) is 25.4 Å². The van der Waals surface area contributed by atoms with Crippen LogP contribution in [0.1, 0.15) is 31.4 Å². The Kier molecular flexibility index (Phi) is 6.41. The lowest BCUT2D eigenvalue weighted by Crippen LogP contribution is -2.26. The SMILES string of the molecule is CC(C)CNCc1ccc(N2CCCSCC2)c(C#N)c1. The fourth-order valence-electron chi connectivity index (χ4n) is 2.55. The van der Waals surface area contributed by atoms with Crippen LogP contribution in [0.4, 0.5) is 5.69 Å². The van der Waals surface area contributed by atoms with Crippen molar-refractivity contribution in [1.29, 1.82) is 5.26 Å². The van der Waals surface area contributed by atoms with E-state index in [9.17, 15) is 5.26 Å². The third-order valence-electron chi connectivity index (χ3n) is 3.63. The van der Waals surface area contributed by atoms with Gasteiger partial charge in [-0.2, -0.15) is 17.0 Å². The summed E-state index contributed by atoms with van der Waals surface area (Å²) in [6, 6.07) is 8.70. The summed E-state index contributed by atoms with van der Waals surface area (Å²) < 4.78 is 0. The van der Waals surface area contributed by atoms with Crippen LogP contribution in [0.5, 0.6) is 0 Å². The fraction of sp³-hybridized carbons (Fsp3) is 0.588. The number of hydrogen-bond donors (Lipinski definition) is 1. The van der Waals surface area contributed by atoms with Crippen LogP contribution in [0.3, 0.4) is 0 Å². The topological polar surface area (TPSA) is 39.1 Å². The Morgan fingerprint density at radius 1 is 1.33 bits per heavy atom. The normalized spacial score (nSPS) is 15.8. The van der Waals surface area contributed by atoms with Gasteiger partial charge in [-0.3, -0.25) is 0 Å². The smallest absolute Gasteiger partial charge is 0.101 e. The number of nitriles is 1. The minimum absolute atomic E-state index is 0.648. The molecule has 0 bridgehead atoms. The van der Waals surface area contributed by atoms with E-state index in [1.54, 1.807) is 0 Å². The number of benzene rings is 1. The summed E-state index contributed by atoms with van der Waals surface area (Å²) in [5.41, 5.74) is 3.11. The van der Waals surface area contributed by atoms with E-state index in [1.807, 2.05) is 17.8 Å². The van der Waals surface area contributed by atoms with Gasteiger partial charge in [0.1, 0.15) is 6.07 Å². The summed E-state index contributed by atoms with van der Waals surface area (Å²) >= 11 is 2.01. The van der Waals surface area contributed by atoms with Crippen LogP contribution in [-0.2, 0) is 6.54 Å². The van der Waals surface area contributed by atoms with E-state index in [2.05, 4.69) is 42.3 Å². The molecule has 114 valence electrons. The molecule has 21 heavy (non-hydrogen) atoms. The Bertz CT molecular complexity index is 485. The number of thioether (sulfide) groups is 1. The van der Waals surface area contributed by atoms with Gasteiger partial charge in [0.15, 0.2) is 0 Å². The number of rotatable bonds is 5. The average molecular weight is 303 g/mol. The molecule has 0 aromatic heterocycles. The molecular formula is C17H25N3S. The van der Waals surface area contributed by atoms with Crippen molar-refractivity contribution in [2.45, 2.75) is 26.8 Å². The Labute approximate surface area is 132 Å². The maximum Gasteiger partial charge on any atom is 0.101 e. The van der Waals surface area contributed by atoms with Gasteiger partial charge in [-0.25, -0.2) is 0 Å². The molecule has 1 heterocycles. The molecule has 1 aromatic rings. The predicted octanol–water partition coefficient (Wildman–Crippen LogP) is 3.25. The quantitative estimate of drug-likeness (QED) is 0.906. The molecule has 1 saturated heterocycles. The van der Waals surface area contributed by atoms with Crippen LogP contribution in [0.2, 0.25) is 0 Å². The van der Waals surface area contributed by atoms with Crippen molar-refractivity contribution in [2.75, 3.05) is 36.0 Å². The lowest BCUT2D eigenvalue weighted by molar-refractivity contribution is 0.552. The van der Waals surface area contributed by atoms with Crippen LogP contribution in [-0.4, -0.2) is 31.1 Å². The van der Waals surface area contributed by atoms with Crippen molar-refractivity contribution in [3.63, 3.8) is 0 Å². The Morgan fingerprint density at radius 2 is 2.19 bits per heavy atom. The second kappa shape index (κ2) is 8.31. The van der Waals surface area contributed by atoms with Crippen molar-refractivity contribution < 1.29 is 0 Å². The van der Waals surface area contributed by atoms with E-state index in [-0.39, 0.29) is 0 Å². The third-order valence-corrected chi connectivity index (χ3v) is 4.67. The van der Waals surface area contributed by atoms with Crippen LogP contribution in [0.15, 0.2) is 18.2 Å². The summed E-state index contributed by atoms with van der Waals surface area (Å²) in [6.45, 7) is 8.36. The molecule has 1 aliphatic heterocycles. The van der Waals surface area contributed by atoms with Crippen LogP contribution < -0.4 is 10.2 Å². The van der Waals surface area contributed by atoms with Gasteiger partial charge in [0.05, 0.1) is 11.3 Å². The van der Waals surface area contributed by atoms with Gasteiger partial charge in [-0.05, 0) is 42.3 Å². The second-order valence-electron chi connectivity index (χ2n) is 5.94. The molecule has 3 nitrogen and oxygen atoms in total. The van der Waals surface area contributed by atoms with E-state index in [1.165, 1.54) is 17.7 Å². The molecule has 0 aliphatic carbocycles. The van der Waals surface area contributed by atoms with Crippen molar-refractivity contribution in [3.8, 4) is 6.07 Å². The first-order valence-corrected chi connectivity index (χ1v) is 8.92. The first-order valence-electron chi connectivity index (χ1n) is 7.77. The zero-order valence-corrected chi connectivity index (χ0v) is 13.9. The highest BCUT2D eigenvalue weighted by molar-refractivity contribution is 7.99. The van der Waals surface area contributed by atoms with E-state index in [4.69, 9.17) is 0 Å². The minimum Gasteiger partial charge on any atom is -0.370 e. The maximum absolute atomic E-state index is 9.46. The number of nitrogens with zero attached hydrogens (tertiary/aromatic N) is 2. The molecule has 0 atom stereocenters. The first-order chi connectivity index (χ1) is 10.2. The fourth-order valence-corrected chi connectivity index (χ4v) is 3.44. The van der Waals surface area contributed by atoms with Crippen molar-refractivity contribution >= 4 is 17.4 Å². The third kappa shape index (κ3) is 4.94. The van der Waals surface area contributed by atoms with Crippen molar-refractivity contribution in [1.82, 2.24) is 5.32 Å². The van der Waals surface area contributed by atoms with E-state index >= 15 is 0 Å². The van der Waals surface area contributed by atoms with Crippen LogP contribution >= 0.6 is 11.8 Å². The maximum atomic E-state index is 9.46. The van der Waals surface area contributed by atoms with Gasteiger partial charge in [-0.15, -0.1) is 0 Å². The minimum atomic E-state index is 0.648. The molecule has 0 amide bonds. The zero-order valence-electron chi connectivity index (χ0n) is 13.1. The first kappa shape index (κ1) is 16.2. The van der Waals surface area contributed by atoms with Gasteiger partial charge >= 0.3 is 0 Å². The highest BCUT2D eigenvalue weighted by Crippen LogP contribution is 2.24. The molecule has 4 heteroatoms. The van der Waals surface area contributed by atoms with Gasteiger partial charge < -0.3 is 10.2 Å². The summed E-state index contributed by atoms with van der Waals surface area (Å²) in [7, 11) is 0. The molecule has 1 fully saturated rings. The number of nitrogens with one attached hydrogen (secondary N) is 1. The Morgan fingerprint density at radius 3 is 2.95 bits per heavy atom. The molecule has 1 N–H and O–H groups in total. The molecule has 0 saturated carbocycles. The van der Waals surface area contributed by atoms with Crippen LogP contribution in [0, 0.1) is 17.2 Å². The molecule has 2 rings (SSSR count). The largest absolute Gasteiger partial charge is 0.370 e. The lowest BCUT2D eigenvalue weighted by atomic mass is 10.1. The molecule has 0 spiro atoms. The summed E-state index contributed by atoms with van der Waals surface area (Å²) in [5, 5.41) is 12.9. The Balaban J connectivity index is 2.07. The molecule has 1 aliphatic rings.